The Bertz CT molecular complexity index is 3490. The molecule has 0 saturated heterocycles. The molecular formula is C44H17F14N8+. The zero-order valence-electron chi connectivity index (χ0n) is 32.4. The molecule has 0 saturated carbocycles. The number of pyridine rings is 2. The Kier molecular flexibility index (Phi) is 9.48. The van der Waals surface area contributed by atoms with Crippen molar-refractivity contribution in [2.24, 2.45) is 0 Å². The van der Waals surface area contributed by atoms with Crippen LogP contribution < -0.4 is 4.57 Å². The Morgan fingerprint density at radius 2 is 0.955 bits per heavy atom. The number of fused-ring (bicyclic) bond motifs is 3. The van der Waals surface area contributed by atoms with E-state index in [1.165, 1.54) is 48.5 Å². The van der Waals surface area contributed by atoms with Gasteiger partial charge in [0, 0.05) is 28.5 Å². The Hall–Kier alpha value is -8.17. The van der Waals surface area contributed by atoms with Gasteiger partial charge in [-0.3, -0.25) is 9.13 Å². The number of rotatable bonds is 6. The highest BCUT2D eigenvalue weighted by atomic mass is 19.2. The molecule has 5 aromatic carbocycles. The van der Waals surface area contributed by atoms with Crippen LogP contribution in [0, 0.1) is 88.4 Å². The monoisotopic (exact) mass is 923 g/mol. The van der Waals surface area contributed by atoms with Gasteiger partial charge in [0.1, 0.15) is 28.5 Å². The van der Waals surface area contributed by atoms with Gasteiger partial charge in [0.05, 0.1) is 17.2 Å². The van der Waals surface area contributed by atoms with Gasteiger partial charge in [-0.05, 0) is 61.5 Å². The number of nitrogens with one attached hydrogen (secondary N) is 1. The van der Waals surface area contributed by atoms with Crippen LogP contribution in [-0.4, -0.2) is 34.1 Å². The minimum atomic E-state index is -2.49. The van der Waals surface area contributed by atoms with Crippen molar-refractivity contribution in [1.82, 2.24) is 34.1 Å². The summed E-state index contributed by atoms with van der Waals surface area (Å²) in [6.07, 6.45) is 2.03. The van der Waals surface area contributed by atoms with E-state index in [0.29, 0.717) is 13.7 Å². The molecule has 66 heavy (non-hydrogen) atoms. The van der Waals surface area contributed by atoms with Gasteiger partial charge in [0.2, 0.25) is 46.4 Å². The molecule has 1 N–H and O–H groups in total. The maximum Gasteiger partial charge on any atom is 0.312 e. The van der Waals surface area contributed by atoms with Gasteiger partial charge < -0.3 is 0 Å². The van der Waals surface area contributed by atoms with Gasteiger partial charge >= 0.3 is 5.65 Å². The first-order valence-electron chi connectivity index (χ1n) is 18.7. The largest absolute Gasteiger partial charge is 0.312 e. The molecule has 10 aromatic rings. The van der Waals surface area contributed by atoms with Crippen molar-refractivity contribution in [1.29, 1.82) is 0 Å². The van der Waals surface area contributed by atoms with Crippen molar-refractivity contribution in [3.8, 4) is 51.2 Å². The Balaban J connectivity index is 1.32. The second-order valence-electron chi connectivity index (χ2n) is 14.4. The summed E-state index contributed by atoms with van der Waals surface area (Å²) in [7, 11) is 0. The zero-order chi connectivity index (χ0) is 46.8. The standard InChI is InChI=1S/C44H16F14N8/c1-15-23(45)31(53)38(32(54)24(15)46)65-22-9-3-2-6-19(22)61-41(65)17-12-16(40-60-21-8-5-11-64(44(21)63-40)37-33(55)27(49)25(47)28(50)34(37)56)13-18(14-17)42-62-20-7-4-10-59-43(20)66(42)39-35(57)29(51)26(48)30(52)36(39)58/h2-14H,1H3/p+1. The third kappa shape index (κ3) is 5.96. The lowest BCUT2D eigenvalue weighted by Gasteiger charge is -2.16. The minimum Gasteiger partial charge on any atom is -0.287 e. The van der Waals surface area contributed by atoms with E-state index in [9.17, 15) is 26.3 Å². The molecule has 5 heterocycles. The first-order valence-corrected chi connectivity index (χ1v) is 18.7. The highest BCUT2D eigenvalue weighted by molar-refractivity contribution is 5.88. The smallest absolute Gasteiger partial charge is 0.287 e. The van der Waals surface area contributed by atoms with Crippen LogP contribution in [0.3, 0.4) is 0 Å². The van der Waals surface area contributed by atoms with Gasteiger partial charge in [-0.25, -0.2) is 77.6 Å². The topological polar surface area (TPSA) is 81.1 Å². The zero-order valence-corrected chi connectivity index (χ0v) is 32.4. The highest BCUT2D eigenvalue weighted by Crippen LogP contribution is 2.40. The van der Waals surface area contributed by atoms with Gasteiger partial charge in [-0.1, -0.05) is 12.1 Å². The third-order valence-electron chi connectivity index (χ3n) is 10.7. The summed E-state index contributed by atoms with van der Waals surface area (Å²) >= 11 is 0. The summed E-state index contributed by atoms with van der Waals surface area (Å²) in [6.45, 7) is 0.789. The lowest BCUT2D eigenvalue weighted by atomic mass is 10.0. The molecule has 0 aliphatic rings. The Morgan fingerprint density at radius 3 is 1.59 bits per heavy atom. The van der Waals surface area contributed by atoms with Crippen molar-refractivity contribution in [3.05, 3.63) is 166 Å². The van der Waals surface area contributed by atoms with E-state index in [0.717, 1.165) is 37.5 Å². The SMILES string of the molecule is Cc1c(F)c(F)c(-n2c(-c3cc(-c4nc5ccc[n+](-c6c(F)c(F)c(F)c(F)c6F)c5[nH]4)cc(-c4nc5cccnc5n4-c4c(F)c(F)c(F)c(F)c4F)c3)nc3ccccc32)c(F)c1F. The molecule has 10 rings (SSSR count). The first kappa shape index (κ1) is 41.8. The molecule has 0 radical (unpaired) electrons. The number of aromatic amines is 1. The van der Waals surface area contributed by atoms with Crippen molar-refractivity contribution >= 4 is 33.4 Å². The average molecular weight is 924 g/mol. The molecule has 5 aromatic heterocycles. The molecule has 0 spiro atoms. The van der Waals surface area contributed by atoms with E-state index in [-0.39, 0.29) is 44.6 Å². The van der Waals surface area contributed by atoms with E-state index in [1.54, 1.807) is 0 Å². The number of aromatic nitrogens is 8. The highest BCUT2D eigenvalue weighted by Gasteiger charge is 2.34. The van der Waals surface area contributed by atoms with E-state index in [4.69, 9.17) is 0 Å². The fourth-order valence-corrected chi connectivity index (χ4v) is 7.60. The van der Waals surface area contributed by atoms with Crippen LogP contribution >= 0.6 is 0 Å². The van der Waals surface area contributed by atoms with E-state index in [1.807, 2.05) is 0 Å². The lowest BCUT2D eigenvalue weighted by Crippen LogP contribution is -2.35. The number of halogens is 14. The third-order valence-corrected chi connectivity index (χ3v) is 10.7. The van der Waals surface area contributed by atoms with Crippen LogP contribution in [0.5, 0.6) is 0 Å². The lowest BCUT2D eigenvalue weighted by molar-refractivity contribution is -0.573. The molecule has 0 unspecified atom stereocenters. The second-order valence-corrected chi connectivity index (χ2v) is 14.4. The normalized spacial score (nSPS) is 11.9. The molecule has 0 aliphatic carbocycles. The van der Waals surface area contributed by atoms with Crippen LogP contribution in [0.15, 0.2) is 79.1 Å². The van der Waals surface area contributed by atoms with Crippen LogP contribution in [-0.2, 0) is 0 Å². The summed E-state index contributed by atoms with van der Waals surface area (Å²) in [5, 5.41) is 0. The van der Waals surface area contributed by atoms with Crippen LogP contribution in [0.4, 0.5) is 61.5 Å². The molecule has 0 atom stereocenters. The Labute approximate surface area is 357 Å². The van der Waals surface area contributed by atoms with Crippen LogP contribution in [0.25, 0.3) is 84.6 Å². The van der Waals surface area contributed by atoms with E-state index in [2.05, 4.69) is 24.9 Å². The summed E-state index contributed by atoms with van der Waals surface area (Å²) in [5.74, 6) is -32.0. The number of hydrogen-bond acceptors (Lipinski definition) is 4. The maximum absolute atomic E-state index is 16.0. The predicted molar refractivity (Wildman–Crippen MR) is 205 cm³/mol. The number of benzene rings is 5. The Morgan fingerprint density at radius 1 is 0.470 bits per heavy atom. The molecule has 330 valence electrons. The van der Waals surface area contributed by atoms with E-state index < -0.39 is 127 Å². The van der Waals surface area contributed by atoms with Gasteiger partial charge in [0.25, 0.3) is 0 Å². The summed E-state index contributed by atoms with van der Waals surface area (Å²) < 4.78 is 213. The first-order chi connectivity index (χ1) is 31.5. The van der Waals surface area contributed by atoms with Gasteiger partial charge in [0.15, 0.2) is 57.7 Å². The molecule has 0 aliphatic heterocycles. The number of para-hydroxylation sites is 2. The number of nitrogens with zero attached hydrogens (tertiary/aromatic N) is 7. The second kappa shape index (κ2) is 15.0. The molecule has 8 nitrogen and oxygen atoms in total. The summed E-state index contributed by atoms with van der Waals surface area (Å²) in [6, 6.07) is 13.9. The molecule has 22 heteroatoms. The predicted octanol–water partition coefficient (Wildman–Crippen LogP) is 11.2. The molecule has 0 bridgehead atoms. The van der Waals surface area contributed by atoms with Gasteiger partial charge in [-0.2, -0.15) is 13.3 Å². The maximum atomic E-state index is 16.0. The average Bonchev–Trinajstić information content (AvgIpc) is 4.05. The molecule has 0 fully saturated rings. The fraction of sp³-hybridized carbons (Fsp3) is 0.0227. The van der Waals surface area contributed by atoms with Crippen LogP contribution in [0.1, 0.15) is 5.56 Å². The number of H-pyrrole nitrogens is 1. The molecule has 0 amide bonds. The van der Waals surface area contributed by atoms with E-state index >= 15 is 35.1 Å². The number of hydrogen-bond donors (Lipinski definition) is 1. The van der Waals surface area contributed by atoms with Crippen molar-refractivity contribution in [3.63, 3.8) is 0 Å². The quantitative estimate of drug-likeness (QED) is 0.0780. The van der Waals surface area contributed by atoms with Gasteiger partial charge in [-0.15, -0.1) is 0 Å². The summed E-state index contributed by atoms with van der Waals surface area (Å²) in [5.41, 5.74) is -7.49. The van der Waals surface area contributed by atoms with Crippen molar-refractivity contribution < 1.29 is 66.0 Å². The van der Waals surface area contributed by atoms with Crippen molar-refractivity contribution in [2.45, 2.75) is 6.92 Å². The fourth-order valence-electron chi connectivity index (χ4n) is 7.60. The van der Waals surface area contributed by atoms with Crippen molar-refractivity contribution in [2.75, 3.05) is 0 Å². The number of imidazole rings is 3. The summed E-state index contributed by atoms with van der Waals surface area (Å²) in [4.78, 5) is 20.0. The molecular weight excluding hydrogens is 907 g/mol. The van der Waals surface area contributed by atoms with Crippen LogP contribution in [0.2, 0.25) is 0 Å². The minimum absolute atomic E-state index is 0.0231.